The largest absolute Gasteiger partial charge is 0.435 e. The van der Waals surface area contributed by atoms with Crippen molar-refractivity contribution < 1.29 is 19.5 Å². The fraction of sp³-hybridized carbons (Fsp3) is 0.903. The van der Waals surface area contributed by atoms with Crippen LogP contribution in [0.1, 0.15) is 91.4 Å². The molecule has 2 amide bonds. The summed E-state index contributed by atoms with van der Waals surface area (Å²) < 4.78 is 0. The highest BCUT2D eigenvalue weighted by atomic mass is 16.7. The Hall–Kier alpha value is -1.67. The number of carbonyl (C=O) groups excluding carboxylic acids is 2. The summed E-state index contributed by atoms with van der Waals surface area (Å²) in [5.74, 6) is 3.38. The summed E-state index contributed by atoms with van der Waals surface area (Å²) in [6.45, 7) is 7.57. The van der Waals surface area contributed by atoms with Crippen molar-refractivity contribution >= 4 is 17.7 Å². The quantitative estimate of drug-likeness (QED) is 0.298. The van der Waals surface area contributed by atoms with Gasteiger partial charge in [-0.05, 0) is 112 Å². The molecule has 8 heteroatoms. The van der Waals surface area contributed by atoms with Gasteiger partial charge < -0.3 is 20.2 Å². The van der Waals surface area contributed by atoms with Crippen molar-refractivity contribution in [3.05, 3.63) is 0 Å². The van der Waals surface area contributed by atoms with Crippen molar-refractivity contribution in [2.75, 3.05) is 27.7 Å². The van der Waals surface area contributed by atoms with Gasteiger partial charge in [0.1, 0.15) is 0 Å². The van der Waals surface area contributed by atoms with E-state index in [9.17, 15) is 14.7 Å². The summed E-state index contributed by atoms with van der Waals surface area (Å²) in [5, 5.41) is 18.1. The van der Waals surface area contributed by atoms with Gasteiger partial charge in [0.05, 0.1) is 17.9 Å². The molecule has 8 nitrogen and oxygen atoms in total. The number of fused-ring (bicyclic) bond motifs is 5. The third-order valence-electron chi connectivity index (χ3n) is 12.2. The Morgan fingerprint density at radius 1 is 0.949 bits per heavy atom. The lowest BCUT2D eigenvalue weighted by atomic mass is 9.44. The second-order valence-corrected chi connectivity index (χ2v) is 14.5. The SMILES string of the molecule is C/C(=N\OC(=O)N(C)CC1CCC(C(=O)N(C)C)N1)[C@H]1CC[C@H]2[C@@H]3CC[C@H]4C[C@@H](O)CC[C@]4(C)[C@H]3CC[C@]12C. The highest BCUT2D eigenvalue weighted by molar-refractivity contribution is 5.85. The van der Waals surface area contributed by atoms with Gasteiger partial charge in [0.25, 0.3) is 0 Å². The minimum Gasteiger partial charge on any atom is -0.393 e. The van der Waals surface area contributed by atoms with Crippen molar-refractivity contribution in [1.82, 2.24) is 15.1 Å². The monoisotopic (exact) mass is 544 g/mol. The van der Waals surface area contributed by atoms with E-state index >= 15 is 0 Å². The molecule has 220 valence electrons. The number of oxime groups is 1. The van der Waals surface area contributed by atoms with E-state index in [1.807, 2.05) is 6.92 Å². The average molecular weight is 545 g/mol. The number of amides is 2. The highest BCUT2D eigenvalue weighted by Gasteiger charge is 2.60. The number of aliphatic hydroxyl groups is 1. The van der Waals surface area contributed by atoms with Crippen LogP contribution in [0.2, 0.25) is 0 Å². The van der Waals surface area contributed by atoms with Gasteiger partial charge in [0.15, 0.2) is 0 Å². The summed E-state index contributed by atoms with van der Waals surface area (Å²) in [5.41, 5.74) is 1.56. The second kappa shape index (κ2) is 11.0. The topological polar surface area (TPSA) is 94.5 Å². The zero-order chi connectivity index (χ0) is 28.1. The number of nitrogens with one attached hydrogen (secondary N) is 1. The highest BCUT2D eigenvalue weighted by Crippen LogP contribution is 2.67. The molecular formula is C31H52N4O4. The Morgan fingerprint density at radius 3 is 2.41 bits per heavy atom. The van der Waals surface area contributed by atoms with Crippen LogP contribution in [0.3, 0.4) is 0 Å². The third kappa shape index (κ3) is 5.25. The van der Waals surface area contributed by atoms with E-state index in [2.05, 4.69) is 24.3 Å². The van der Waals surface area contributed by atoms with E-state index in [1.165, 1.54) is 38.5 Å². The van der Waals surface area contributed by atoms with Gasteiger partial charge in [-0.15, -0.1) is 0 Å². The van der Waals surface area contributed by atoms with Gasteiger partial charge in [-0.25, -0.2) is 4.79 Å². The maximum atomic E-state index is 12.8. The molecule has 10 atom stereocenters. The lowest BCUT2D eigenvalue weighted by Gasteiger charge is -2.61. The summed E-state index contributed by atoms with van der Waals surface area (Å²) in [6.07, 6.45) is 11.7. The van der Waals surface area contributed by atoms with Gasteiger partial charge >= 0.3 is 6.09 Å². The smallest absolute Gasteiger partial charge is 0.393 e. The first-order valence-electron chi connectivity index (χ1n) is 15.6. The van der Waals surface area contributed by atoms with Crippen LogP contribution in [0, 0.1) is 40.4 Å². The van der Waals surface area contributed by atoms with Crippen molar-refractivity contribution in [1.29, 1.82) is 0 Å². The van der Waals surface area contributed by atoms with Crippen LogP contribution < -0.4 is 5.32 Å². The molecule has 1 heterocycles. The van der Waals surface area contributed by atoms with Crippen LogP contribution in [-0.2, 0) is 9.63 Å². The van der Waals surface area contributed by atoms with Crippen LogP contribution >= 0.6 is 0 Å². The molecule has 0 radical (unpaired) electrons. The molecule has 0 bridgehead atoms. The Labute approximate surface area is 235 Å². The zero-order valence-electron chi connectivity index (χ0n) is 25.1. The van der Waals surface area contributed by atoms with Gasteiger partial charge in [0, 0.05) is 39.6 Å². The van der Waals surface area contributed by atoms with E-state index in [4.69, 9.17) is 4.84 Å². The lowest BCUT2D eigenvalue weighted by Crippen LogP contribution is -2.54. The van der Waals surface area contributed by atoms with Gasteiger partial charge in [0.2, 0.25) is 5.91 Å². The number of aliphatic hydroxyl groups excluding tert-OH is 1. The standard InChI is InChI=1S/C31H52N4O4/c1-19(33-39-29(38)35(6)18-21-8-12-27(32-21)28(37)34(4)5)24-10-11-25-23-9-7-20-17-22(36)13-15-30(20,2)26(23)14-16-31(24,25)3/h20-27,32,36H,7-18H2,1-6H3/b33-19+/t20-,21?,22-,23-,24+,25-,26-,27?,30-,31+/m0/s1. The number of likely N-dealkylation sites (N-methyl/N-ethyl adjacent to an activating group) is 2. The van der Waals surface area contributed by atoms with Crippen LogP contribution in [0.5, 0.6) is 0 Å². The summed E-state index contributed by atoms with van der Waals surface area (Å²) >= 11 is 0. The molecule has 1 aliphatic heterocycles. The van der Waals surface area contributed by atoms with E-state index in [1.54, 1.807) is 30.9 Å². The van der Waals surface area contributed by atoms with Gasteiger partial charge in [-0.2, -0.15) is 0 Å². The van der Waals surface area contributed by atoms with Crippen molar-refractivity contribution in [3.63, 3.8) is 0 Å². The molecule has 0 spiro atoms. The van der Waals surface area contributed by atoms with Gasteiger partial charge in [-0.3, -0.25) is 9.63 Å². The predicted molar refractivity (Wildman–Crippen MR) is 152 cm³/mol. The van der Waals surface area contributed by atoms with Crippen molar-refractivity contribution in [2.24, 2.45) is 45.6 Å². The van der Waals surface area contributed by atoms with E-state index in [0.29, 0.717) is 29.7 Å². The first-order chi connectivity index (χ1) is 18.4. The van der Waals surface area contributed by atoms with Crippen LogP contribution in [0.4, 0.5) is 4.79 Å². The summed E-state index contributed by atoms with van der Waals surface area (Å²) in [7, 11) is 5.28. The normalized spacial score (nSPS) is 43.7. The number of hydrogen-bond donors (Lipinski definition) is 2. The maximum Gasteiger partial charge on any atom is 0.435 e. The average Bonchev–Trinajstić information content (AvgIpc) is 3.50. The molecule has 2 N–H and O–H groups in total. The fourth-order valence-electron chi connectivity index (χ4n) is 10.0. The number of nitrogens with zero attached hydrogens (tertiary/aromatic N) is 3. The fourth-order valence-corrected chi connectivity index (χ4v) is 10.0. The Morgan fingerprint density at radius 2 is 1.67 bits per heavy atom. The molecule has 2 unspecified atom stereocenters. The van der Waals surface area contributed by atoms with Gasteiger partial charge in [-0.1, -0.05) is 19.0 Å². The van der Waals surface area contributed by atoms with E-state index in [-0.39, 0.29) is 29.5 Å². The number of rotatable bonds is 5. The third-order valence-corrected chi connectivity index (χ3v) is 12.2. The molecular weight excluding hydrogens is 492 g/mol. The molecule has 1 saturated heterocycles. The molecule has 4 aliphatic carbocycles. The molecule has 0 aromatic carbocycles. The molecule has 5 rings (SSSR count). The molecule has 0 aromatic heterocycles. The first-order valence-corrected chi connectivity index (χ1v) is 15.6. The van der Waals surface area contributed by atoms with E-state index in [0.717, 1.165) is 49.7 Å². The van der Waals surface area contributed by atoms with Crippen molar-refractivity contribution in [2.45, 2.75) is 110 Å². The number of hydrogen-bond acceptors (Lipinski definition) is 6. The molecule has 5 fully saturated rings. The van der Waals surface area contributed by atoms with E-state index < -0.39 is 6.09 Å². The van der Waals surface area contributed by atoms with Crippen LogP contribution in [0.25, 0.3) is 0 Å². The molecule has 39 heavy (non-hydrogen) atoms. The summed E-state index contributed by atoms with van der Waals surface area (Å²) in [6, 6.07) is -0.0984. The summed E-state index contributed by atoms with van der Waals surface area (Å²) in [4.78, 5) is 33.7. The first kappa shape index (κ1) is 28.8. The van der Waals surface area contributed by atoms with Crippen molar-refractivity contribution in [3.8, 4) is 0 Å². The predicted octanol–water partition coefficient (Wildman–Crippen LogP) is 4.66. The number of carbonyl (C=O) groups is 2. The minimum atomic E-state index is -0.437. The molecule has 0 aromatic rings. The molecule has 5 aliphatic rings. The minimum absolute atomic E-state index is 0.0793. The Kier molecular flexibility index (Phi) is 8.10. The second-order valence-electron chi connectivity index (χ2n) is 14.5. The maximum absolute atomic E-state index is 12.8. The van der Waals surface area contributed by atoms with Crippen LogP contribution in [0.15, 0.2) is 5.16 Å². The lowest BCUT2D eigenvalue weighted by molar-refractivity contribution is -0.130. The zero-order valence-corrected chi connectivity index (χ0v) is 25.1. The Balaban J connectivity index is 1.17. The molecule has 4 saturated carbocycles. The Bertz CT molecular complexity index is 970. The van der Waals surface area contributed by atoms with Crippen LogP contribution in [-0.4, -0.2) is 78.5 Å².